The number of ether oxygens (including phenoxy) is 2. The van der Waals surface area contributed by atoms with Crippen molar-refractivity contribution in [3.05, 3.63) is 95.1 Å². The molecule has 0 unspecified atom stereocenters. The Morgan fingerprint density at radius 1 is 0.433 bits per heavy atom. The van der Waals surface area contributed by atoms with E-state index in [-0.39, 0.29) is 22.3 Å². The van der Waals surface area contributed by atoms with Gasteiger partial charge in [0, 0.05) is 22.3 Å². The van der Waals surface area contributed by atoms with Crippen LogP contribution in [0.4, 0.5) is 0 Å². The summed E-state index contributed by atoms with van der Waals surface area (Å²) in [6.07, 6.45) is 0. The maximum Gasteiger partial charge on any atom is 0.233 e. The highest BCUT2D eigenvalue weighted by Crippen LogP contribution is 2.16. The Labute approximate surface area is 173 Å². The van der Waals surface area contributed by atoms with E-state index >= 15 is 0 Å². The summed E-state index contributed by atoms with van der Waals surface area (Å²) in [5.74, 6) is -1.62. The van der Waals surface area contributed by atoms with E-state index in [1.54, 1.807) is 24.3 Å². The molecule has 0 saturated heterocycles. The Bertz CT molecular complexity index is 1000. The van der Waals surface area contributed by atoms with E-state index in [0.29, 0.717) is 11.5 Å². The third-order valence-corrected chi connectivity index (χ3v) is 4.53. The molecule has 0 aliphatic carbocycles. The van der Waals surface area contributed by atoms with Crippen molar-refractivity contribution < 1.29 is 28.7 Å². The highest BCUT2D eigenvalue weighted by molar-refractivity contribution is 6.50. The van der Waals surface area contributed by atoms with Gasteiger partial charge in [-0.1, -0.05) is 24.3 Å². The molecule has 0 heterocycles. The zero-order valence-electron chi connectivity index (χ0n) is 16.4. The van der Waals surface area contributed by atoms with Crippen LogP contribution in [0.15, 0.2) is 72.8 Å². The van der Waals surface area contributed by atoms with Crippen molar-refractivity contribution in [2.75, 3.05) is 14.2 Å². The van der Waals surface area contributed by atoms with Crippen LogP contribution >= 0.6 is 0 Å². The highest BCUT2D eigenvalue weighted by Gasteiger charge is 2.21. The first-order valence-electron chi connectivity index (χ1n) is 9.01. The van der Waals surface area contributed by atoms with Gasteiger partial charge in [-0.15, -0.1) is 0 Å². The lowest BCUT2D eigenvalue weighted by Gasteiger charge is -2.05. The second-order valence-corrected chi connectivity index (χ2v) is 6.35. The van der Waals surface area contributed by atoms with Gasteiger partial charge in [-0.05, 0) is 48.5 Å². The van der Waals surface area contributed by atoms with Crippen LogP contribution in [0, 0.1) is 0 Å². The lowest BCUT2D eigenvalue weighted by molar-refractivity contribution is 0.0814. The summed E-state index contributed by atoms with van der Waals surface area (Å²) in [5, 5.41) is 0. The van der Waals surface area contributed by atoms with Gasteiger partial charge in [-0.2, -0.15) is 0 Å². The van der Waals surface area contributed by atoms with Crippen LogP contribution in [0.2, 0.25) is 0 Å². The molecule has 0 N–H and O–H groups in total. The van der Waals surface area contributed by atoms with Crippen molar-refractivity contribution in [3.8, 4) is 11.5 Å². The Morgan fingerprint density at radius 3 is 0.833 bits per heavy atom. The number of hydrogen-bond acceptors (Lipinski definition) is 6. The summed E-state index contributed by atoms with van der Waals surface area (Å²) in [7, 11) is 3.01. The molecule has 0 aliphatic heterocycles. The van der Waals surface area contributed by atoms with Gasteiger partial charge in [0.15, 0.2) is 0 Å². The van der Waals surface area contributed by atoms with Gasteiger partial charge in [0.05, 0.1) is 14.2 Å². The Kier molecular flexibility index (Phi) is 6.17. The van der Waals surface area contributed by atoms with Gasteiger partial charge >= 0.3 is 0 Å². The Hall–Kier alpha value is -4.06. The minimum atomic E-state index is -0.708. The summed E-state index contributed by atoms with van der Waals surface area (Å²) in [6, 6.07) is 17.8. The Balaban J connectivity index is 1.74. The zero-order chi connectivity index (χ0) is 21.7. The standard InChI is InChI=1S/C24H18O6/c1-29-19-11-7-17(8-12-19)23(27)21(25)15-3-5-16(6-4-15)22(26)24(28)18-9-13-20(30-2)14-10-18/h3-14H,1-2H3. The van der Waals surface area contributed by atoms with Gasteiger partial charge in [0.25, 0.3) is 0 Å². The molecule has 0 amide bonds. The minimum absolute atomic E-state index is 0.129. The van der Waals surface area contributed by atoms with Gasteiger partial charge < -0.3 is 9.47 Å². The molecule has 3 rings (SSSR count). The molecule has 0 atom stereocenters. The lowest BCUT2D eigenvalue weighted by atomic mass is 9.97. The van der Waals surface area contributed by atoms with Gasteiger partial charge in [0.2, 0.25) is 23.1 Å². The van der Waals surface area contributed by atoms with E-state index < -0.39 is 23.1 Å². The average molecular weight is 402 g/mol. The molecule has 0 radical (unpaired) electrons. The van der Waals surface area contributed by atoms with Crippen LogP contribution in [0.1, 0.15) is 41.4 Å². The molecule has 6 heteroatoms. The summed E-state index contributed by atoms with van der Waals surface area (Å²) < 4.78 is 10.1. The van der Waals surface area contributed by atoms with Crippen LogP contribution < -0.4 is 9.47 Å². The molecule has 150 valence electrons. The number of carbonyl (C=O) groups excluding carboxylic acids is 4. The molecule has 0 aliphatic rings. The Morgan fingerprint density at radius 2 is 0.633 bits per heavy atom. The van der Waals surface area contributed by atoms with Crippen LogP contribution in [-0.2, 0) is 0 Å². The number of methoxy groups -OCH3 is 2. The number of benzene rings is 3. The number of rotatable bonds is 8. The first-order valence-corrected chi connectivity index (χ1v) is 9.01. The second-order valence-electron chi connectivity index (χ2n) is 6.35. The maximum absolute atomic E-state index is 12.5. The van der Waals surface area contributed by atoms with Gasteiger partial charge in [-0.25, -0.2) is 0 Å². The van der Waals surface area contributed by atoms with E-state index in [1.165, 1.54) is 62.8 Å². The summed E-state index contributed by atoms with van der Waals surface area (Å²) >= 11 is 0. The molecule has 6 nitrogen and oxygen atoms in total. The first-order chi connectivity index (χ1) is 14.4. The van der Waals surface area contributed by atoms with Crippen molar-refractivity contribution in [2.24, 2.45) is 0 Å². The van der Waals surface area contributed by atoms with Crippen molar-refractivity contribution in [3.63, 3.8) is 0 Å². The van der Waals surface area contributed by atoms with Crippen LogP contribution in [-0.4, -0.2) is 37.4 Å². The number of hydrogen-bond donors (Lipinski definition) is 0. The fourth-order valence-corrected chi connectivity index (χ4v) is 2.78. The maximum atomic E-state index is 12.5. The van der Waals surface area contributed by atoms with E-state index in [9.17, 15) is 19.2 Å². The number of ketones is 4. The predicted octanol–water partition coefficient (Wildman–Crippen LogP) is 3.84. The van der Waals surface area contributed by atoms with E-state index in [1.807, 2.05) is 0 Å². The number of carbonyl (C=O) groups is 4. The van der Waals surface area contributed by atoms with E-state index in [2.05, 4.69) is 0 Å². The quantitative estimate of drug-likeness (QED) is 0.420. The fourth-order valence-electron chi connectivity index (χ4n) is 2.78. The smallest absolute Gasteiger partial charge is 0.233 e. The van der Waals surface area contributed by atoms with Crippen molar-refractivity contribution >= 4 is 23.1 Å². The summed E-state index contributed by atoms with van der Waals surface area (Å²) in [4.78, 5) is 49.7. The predicted molar refractivity (Wildman–Crippen MR) is 110 cm³/mol. The first kappa shape index (κ1) is 20.7. The van der Waals surface area contributed by atoms with Crippen LogP contribution in [0.5, 0.6) is 11.5 Å². The molecular weight excluding hydrogens is 384 g/mol. The van der Waals surface area contributed by atoms with Crippen LogP contribution in [0.25, 0.3) is 0 Å². The zero-order valence-corrected chi connectivity index (χ0v) is 16.4. The summed E-state index contributed by atoms with van der Waals surface area (Å²) in [6.45, 7) is 0. The fraction of sp³-hybridized carbons (Fsp3) is 0.0833. The largest absolute Gasteiger partial charge is 0.497 e. The molecular formula is C24H18O6. The summed E-state index contributed by atoms with van der Waals surface area (Å²) in [5.41, 5.74) is 0.722. The molecule has 3 aromatic carbocycles. The highest BCUT2D eigenvalue weighted by atomic mass is 16.5. The molecule has 0 bridgehead atoms. The average Bonchev–Trinajstić information content (AvgIpc) is 2.82. The normalized spacial score (nSPS) is 10.2. The molecule has 0 saturated carbocycles. The van der Waals surface area contributed by atoms with Gasteiger partial charge in [0.1, 0.15) is 11.5 Å². The monoisotopic (exact) mass is 402 g/mol. The van der Waals surface area contributed by atoms with Crippen molar-refractivity contribution in [1.82, 2.24) is 0 Å². The van der Waals surface area contributed by atoms with Crippen LogP contribution in [0.3, 0.4) is 0 Å². The van der Waals surface area contributed by atoms with Gasteiger partial charge in [-0.3, -0.25) is 19.2 Å². The molecule has 30 heavy (non-hydrogen) atoms. The molecule has 0 fully saturated rings. The second kappa shape index (κ2) is 8.96. The number of Topliss-reactive ketones (excluding diaryl/α,β-unsaturated/α-hetero) is 4. The lowest BCUT2D eigenvalue weighted by Crippen LogP contribution is -2.16. The van der Waals surface area contributed by atoms with Crippen molar-refractivity contribution in [2.45, 2.75) is 0 Å². The third kappa shape index (κ3) is 4.33. The third-order valence-electron chi connectivity index (χ3n) is 4.53. The van der Waals surface area contributed by atoms with Crippen molar-refractivity contribution in [1.29, 1.82) is 0 Å². The molecule has 0 aromatic heterocycles. The minimum Gasteiger partial charge on any atom is -0.497 e. The van der Waals surface area contributed by atoms with E-state index in [0.717, 1.165) is 0 Å². The van der Waals surface area contributed by atoms with E-state index in [4.69, 9.17) is 9.47 Å². The topological polar surface area (TPSA) is 86.7 Å². The molecule has 0 spiro atoms. The SMILES string of the molecule is COc1ccc(C(=O)C(=O)c2ccc(C(=O)C(=O)c3ccc(OC)cc3)cc2)cc1. The molecule has 3 aromatic rings.